The van der Waals surface area contributed by atoms with Gasteiger partial charge in [0, 0.05) is 42.1 Å². The fourth-order valence-electron chi connectivity index (χ4n) is 7.19. The molecule has 0 saturated carbocycles. The number of rotatable bonds is 32. The molecular weight excluding hydrogens is 977 g/mol. The van der Waals surface area contributed by atoms with E-state index in [0.29, 0.717) is 40.6 Å². The monoisotopic (exact) mass is 1040 g/mol. The van der Waals surface area contributed by atoms with Gasteiger partial charge in [0.05, 0.1) is 12.6 Å². The molecule has 8 atom stereocenters. The summed E-state index contributed by atoms with van der Waals surface area (Å²) in [6, 6.07) is 1.32. The first-order valence-electron chi connectivity index (χ1n) is 23.3. The summed E-state index contributed by atoms with van der Waals surface area (Å²) >= 11 is 5.41. The van der Waals surface area contributed by atoms with Crippen molar-refractivity contribution < 1.29 is 63.6 Å². The number of thiol groups is 1. The van der Waals surface area contributed by atoms with Crippen LogP contribution in [0.5, 0.6) is 5.75 Å². The molecule has 23 nitrogen and oxygen atoms in total. The minimum atomic E-state index is -1.72. The number of carbonyl (C=O) groups is 9. The number of hydrogen-bond acceptors (Lipinski definition) is 15. The molecule has 1 aromatic heterocycles. The third kappa shape index (κ3) is 19.3. The Morgan fingerprint density at radius 3 is 1.69 bits per heavy atom. The van der Waals surface area contributed by atoms with Crippen LogP contribution in [-0.2, 0) is 56.0 Å². The smallest absolute Gasteiger partial charge is 0.327 e. The number of aliphatic hydroxyl groups is 1. The van der Waals surface area contributed by atoms with Crippen LogP contribution in [0.2, 0.25) is 0 Å². The Bertz CT molecular complexity index is 2320. The summed E-state index contributed by atoms with van der Waals surface area (Å²) in [6.07, 6.45) is 2.76. The lowest BCUT2D eigenvalue weighted by Crippen LogP contribution is -2.61. The number of fused-ring (bicyclic) bond motifs is 1. The van der Waals surface area contributed by atoms with Gasteiger partial charge in [-0.1, -0.05) is 44.2 Å². The lowest BCUT2D eigenvalue weighted by Gasteiger charge is -2.27. The highest BCUT2D eigenvalue weighted by atomic mass is 32.2. The molecule has 25 heteroatoms. The highest BCUT2D eigenvalue weighted by Crippen LogP contribution is 2.20. The summed E-state index contributed by atoms with van der Waals surface area (Å²) in [5, 5.41) is 57.7. The van der Waals surface area contributed by atoms with Crippen LogP contribution < -0.4 is 48.7 Å². The maximum absolute atomic E-state index is 14.4. The molecule has 0 aliphatic heterocycles. The quantitative estimate of drug-likeness (QED) is 0.0258. The van der Waals surface area contributed by atoms with Gasteiger partial charge < -0.3 is 74.1 Å². The van der Waals surface area contributed by atoms with Crippen LogP contribution >= 0.6 is 24.4 Å². The summed E-state index contributed by atoms with van der Waals surface area (Å²) in [5.74, 6) is -9.21. The van der Waals surface area contributed by atoms with Crippen molar-refractivity contribution in [2.24, 2.45) is 17.4 Å². The second kappa shape index (κ2) is 30.5. The standard InChI is InChI=1S/C47H68N10O13S2/c1-25(2)39(49)46(68)53-33(17-19-72-3)42(64)51-31(10-6-7-18-48)40(62)56-36(23-58)45(67)55-35(21-27-22-50-30-9-5-4-8-29(27)30)44(66)52-32(15-16-38(60)61)41(63)54-34(20-26-11-13-28(59)14-12-26)43(65)57-37(24-71)47(69)70/h4-5,8-9,11-14,22,25,31-37,39,50,58-59,71H,6-7,10,15-21,23-24,48-49H2,1-3H3,(H,51,64)(H,52,66)(H,53,68)(H,54,63)(H,55,67)(H,56,62)(H,57,65)(H,60,61)(H,69,70)/t31-,32-,33-,34-,35-,36-,37-,39-/m0/s1. The topological polar surface area (TPSA) is 387 Å². The third-order valence-electron chi connectivity index (χ3n) is 11.5. The number of aliphatic hydroxyl groups excluding tert-OH is 1. The summed E-state index contributed by atoms with van der Waals surface area (Å²) in [4.78, 5) is 123. The maximum Gasteiger partial charge on any atom is 0.327 e. The van der Waals surface area contributed by atoms with Crippen molar-refractivity contribution >= 4 is 88.6 Å². The van der Waals surface area contributed by atoms with E-state index in [0.717, 1.165) is 0 Å². The zero-order chi connectivity index (χ0) is 53.5. The first kappa shape index (κ1) is 59.9. The van der Waals surface area contributed by atoms with Crippen LogP contribution in [0.1, 0.15) is 63.5 Å². The summed E-state index contributed by atoms with van der Waals surface area (Å²) < 4.78 is 0. The average Bonchev–Trinajstić information content (AvgIpc) is 3.76. The largest absolute Gasteiger partial charge is 0.508 e. The van der Waals surface area contributed by atoms with E-state index in [-0.39, 0.29) is 49.6 Å². The van der Waals surface area contributed by atoms with Gasteiger partial charge in [0.2, 0.25) is 41.4 Å². The SMILES string of the molecule is CSCC[C@H](NC(=O)[C@@H](N)C(C)C)C(=O)N[C@@H](CCCCN)C(=O)N[C@@H](CO)C(=O)N[C@@H](Cc1c[nH]c2ccccc12)C(=O)N[C@@H](CCC(=O)O)C(=O)N[C@@H](Cc1ccc(O)cc1)C(=O)N[C@@H](CS)C(=O)O. The predicted octanol–water partition coefficient (Wildman–Crippen LogP) is -1.21. The van der Waals surface area contributed by atoms with Gasteiger partial charge in [0.15, 0.2) is 0 Å². The Balaban J connectivity index is 1.96. The van der Waals surface area contributed by atoms with Crippen molar-refractivity contribution in [3.63, 3.8) is 0 Å². The van der Waals surface area contributed by atoms with Crippen molar-refractivity contribution in [1.29, 1.82) is 0 Å². The van der Waals surface area contributed by atoms with Crippen molar-refractivity contribution in [2.45, 2.75) is 114 Å². The number of benzene rings is 2. The number of aromatic amines is 1. The molecule has 0 fully saturated rings. The molecule has 0 bridgehead atoms. The summed E-state index contributed by atoms with van der Waals surface area (Å²) in [6.45, 7) is 2.77. The van der Waals surface area contributed by atoms with Gasteiger partial charge in [-0.2, -0.15) is 24.4 Å². The number of aromatic nitrogens is 1. The maximum atomic E-state index is 14.4. The number of phenolic OH excluding ortho intramolecular Hbond substituents is 1. The van der Waals surface area contributed by atoms with E-state index in [1.807, 2.05) is 6.26 Å². The number of unbranched alkanes of at least 4 members (excludes halogenated alkanes) is 1. The zero-order valence-electron chi connectivity index (χ0n) is 40.4. The van der Waals surface area contributed by atoms with Crippen LogP contribution in [-0.4, -0.2) is 158 Å². The van der Waals surface area contributed by atoms with Gasteiger partial charge >= 0.3 is 11.9 Å². The molecule has 0 aliphatic rings. The molecule has 2 aromatic carbocycles. The fraction of sp³-hybridized carbons (Fsp3) is 0.511. The summed E-state index contributed by atoms with van der Waals surface area (Å²) in [7, 11) is 0. The van der Waals surface area contributed by atoms with E-state index in [2.05, 4.69) is 54.8 Å². The molecule has 0 spiro atoms. The number of nitrogens with one attached hydrogen (secondary N) is 8. The van der Waals surface area contributed by atoms with Gasteiger partial charge in [-0.25, -0.2) is 4.79 Å². The molecule has 72 heavy (non-hydrogen) atoms. The molecule has 0 aliphatic carbocycles. The van der Waals surface area contributed by atoms with E-state index < -0.39 is 121 Å². The second-order valence-electron chi connectivity index (χ2n) is 17.3. The minimum absolute atomic E-state index is 0.0431. The number of aliphatic carboxylic acids is 2. The Hall–Kier alpha value is -6.41. The molecule has 7 amide bonds. The third-order valence-corrected chi connectivity index (χ3v) is 12.5. The number of thioether (sulfide) groups is 1. The number of aromatic hydroxyl groups is 1. The predicted molar refractivity (Wildman–Crippen MR) is 271 cm³/mol. The van der Waals surface area contributed by atoms with Crippen molar-refractivity contribution in [2.75, 3.05) is 30.9 Å². The number of H-pyrrole nitrogens is 1. The normalized spacial score (nSPS) is 14.6. The van der Waals surface area contributed by atoms with Crippen LogP contribution in [0.3, 0.4) is 0 Å². The van der Waals surface area contributed by atoms with Crippen LogP contribution in [0, 0.1) is 5.92 Å². The molecule has 0 saturated heterocycles. The molecule has 0 radical (unpaired) electrons. The molecule has 0 unspecified atom stereocenters. The van der Waals surface area contributed by atoms with Crippen LogP contribution in [0.25, 0.3) is 10.9 Å². The van der Waals surface area contributed by atoms with Gasteiger partial charge in [0.25, 0.3) is 0 Å². The Morgan fingerprint density at radius 1 is 0.653 bits per heavy atom. The Kier molecular flexibility index (Phi) is 25.3. The highest BCUT2D eigenvalue weighted by molar-refractivity contribution is 7.98. The lowest BCUT2D eigenvalue weighted by atomic mass is 10.0. The van der Waals surface area contributed by atoms with Crippen LogP contribution in [0.4, 0.5) is 0 Å². The van der Waals surface area contributed by atoms with E-state index in [4.69, 9.17) is 11.5 Å². The van der Waals surface area contributed by atoms with Crippen molar-refractivity contribution in [3.8, 4) is 5.75 Å². The average molecular weight is 1050 g/mol. The summed E-state index contributed by atoms with van der Waals surface area (Å²) in [5.41, 5.74) is 13.3. The minimum Gasteiger partial charge on any atom is -0.508 e. The van der Waals surface area contributed by atoms with Crippen molar-refractivity contribution in [3.05, 3.63) is 65.9 Å². The fourth-order valence-corrected chi connectivity index (χ4v) is 7.91. The van der Waals surface area contributed by atoms with Gasteiger partial charge in [-0.3, -0.25) is 38.4 Å². The number of nitrogens with two attached hydrogens (primary N) is 2. The van der Waals surface area contributed by atoms with Gasteiger partial charge in [-0.05, 0) is 85.9 Å². The number of para-hydroxylation sites is 1. The molecule has 16 N–H and O–H groups in total. The zero-order valence-corrected chi connectivity index (χ0v) is 42.1. The Labute approximate surface area is 426 Å². The van der Waals surface area contributed by atoms with Gasteiger partial charge in [0.1, 0.15) is 48.0 Å². The van der Waals surface area contributed by atoms with Gasteiger partial charge in [-0.15, -0.1) is 0 Å². The lowest BCUT2D eigenvalue weighted by molar-refractivity contribution is -0.141. The number of hydrogen-bond donors (Lipinski definition) is 15. The highest BCUT2D eigenvalue weighted by Gasteiger charge is 2.35. The van der Waals surface area contributed by atoms with Crippen LogP contribution in [0.15, 0.2) is 54.7 Å². The molecule has 3 aromatic rings. The van der Waals surface area contributed by atoms with E-state index >= 15 is 0 Å². The molecule has 3 rings (SSSR count). The first-order valence-corrected chi connectivity index (χ1v) is 25.3. The number of carboxylic acid groups (broad SMARTS) is 2. The second-order valence-corrected chi connectivity index (χ2v) is 18.7. The molecule has 1 heterocycles. The molecular formula is C47H68N10O13S2. The first-order chi connectivity index (χ1) is 34.2. The van der Waals surface area contributed by atoms with E-state index in [1.165, 1.54) is 36.0 Å². The number of phenols is 1. The number of carboxylic acids is 2. The van der Waals surface area contributed by atoms with E-state index in [9.17, 15) is 63.6 Å². The Morgan fingerprint density at radius 2 is 1.15 bits per heavy atom. The number of amides is 7. The van der Waals surface area contributed by atoms with E-state index in [1.54, 1.807) is 44.3 Å². The van der Waals surface area contributed by atoms with Crippen molar-refractivity contribution in [1.82, 2.24) is 42.2 Å². The molecule has 396 valence electrons. The number of carbonyl (C=O) groups excluding carboxylic acids is 7.